The zero-order valence-corrected chi connectivity index (χ0v) is 18.5. The first-order valence-corrected chi connectivity index (χ1v) is 11.4. The van der Waals surface area contributed by atoms with Crippen molar-refractivity contribution in [3.05, 3.63) is 23.8 Å². The number of nitrogens with zero attached hydrogens (tertiary/aromatic N) is 1. The molecular weight excluding hydrogens is 390 g/mol. The number of benzene rings is 1. The van der Waals surface area contributed by atoms with E-state index in [-0.39, 0.29) is 23.4 Å². The summed E-state index contributed by atoms with van der Waals surface area (Å²) in [6.45, 7) is 3.66. The number of carbonyl (C=O) groups is 2. The van der Waals surface area contributed by atoms with E-state index in [1.807, 2.05) is 13.8 Å². The number of thioether (sulfide) groups is 1. The topological polar surface area (TPSA) is 65.1 Å². The van der Waals surface area contributed by atoms with Crippen LogP contribution < -0.4 is 9.47 Å². The average Bonchev–Trinajstić information content (AvgIpc) is 3.18. The van der Waals surface area contributed by atoms with Gasteiger partial charge in [0, 0.05) is 11.8 Å². The molecule has 1 saturated carbocycles. The lowest BCUT2D eigenvalue weighted by atomic mass is 9.88. The molecule has 160 valence electrons. The van der Waals surface area contributed by atoms with Crippen LogP contribution in [0.25, 0.3) is 0 Å². The standard InChI is InChI=1S/C22H31NO5S/c1-14(2)28-22(25)18-13-29-21(15-8-6-5-7-9-15)23(18)20(24)17-11-10-16(26-3)12-19(17)27-4/h10-12,14-15,18,21H,5-9,13H2,1-4H3/t18-,21-/m1/s1. The van der Waals surface area contributed by atoms with Gasteiger partial charge in [-0.3, -0.25) is 4.79 Å². The van der Waals surface area contributed by atoms with Gasteiger partial charge >= 0.3 is 5.97 Å². The number of hydrogen-bond donors (Lipinski definition) is 0. The molecule has 1 heterocycles. The van der Waals surface area contributed by atoms with Crippen molar-refractivity contribution in [3.8, 4) is 11.5 Å². The summed E-state index contributed by atoms with van der Waals surface area (Å²) in [6, 6.07) is 4.59. The molecule has 1 saturated heterocycles. The first kappa shape index (κ1) is 21.8. The van der Waals surface area contributed by atoms with Gasteiger partial charge < -0.3 is 19.1 Å². The highest BCUT2D eigenvalue weighted by molar-refractivity contribution is 8.00. The minimum atomic E-state index is -0.575. The summed E-state index contributed by atoms with van der Waals surface area (Å²) in [7, 11) is 3.11. The number of rotatable bonds is 6. The van der Waals surface area contributed by atoms with E-state index < -0.39 is 6.04 Å². The third-order valence-corrected chi connectivity index (χ3v) is 7.05. The van der Waals surface area contributed by atoms with Crippen LogP contribution in [0, 0.1) is 5.92 Å². The lowest BCUT2D eigenvalue weighted by Crippen LogP contribution is -2.49. The summed E-state index contributed by atoms with van der Waals surface area (Å²) in [5.41, 5.74) is 0.443. The van der Waals surface area contributed by atoms with Gasteiger partial charge in [0.25, 0.3) is 5.91 Å². The Bertz CT molecular complexity index is 732. The Morgan fingerprint density at radius 1 is 1.10 bits per heavy atom. The van der Waals surface area contributed by atoms with Crippen molar-refractivity contribution in [1.29, 1.82) is 0 Å². The Labute approximate surface area is 177 Å². The first-order valence-electron chi connectivity index (χ1n) is 10.3. The average molecular weight is 422 g/mol. The highest BCUT2D eigenvalue weighted by Crippen LogP contribution is 2.42. The molecule has 3 rings (SSSR count). The Kier molecular flexibility index (Phi) is 7.33. The molecule has 2 atom stereocenters. The molecule has 1 aromatic carbocycles. The highest BCUT2D eigenvalue weighted by Gasteiger charge is 2.46. The zero-order valence-electron chi connectivity index (χ0n) is 17.7. The Morgan fingerprint density at radius 2 is 1.83 bits per heavy atom. The van der Waals surface area contributed by atoms with Crippen LogP contribution in [0.2, 0.25) is 0 Å². The van der Waals surface area contributed by atoms with E-state index in [0.717, 1.165) is 12.8 Å². The normalized spacial score (nSPS) is 22.6. The minimum Gasteiger partial charge on any atom is -0.497 e. The molecule has 29 heavy (non-hydrogen) atoms. The van der Waals surface area contributed by atoms with Crippen molar-refractivity contribution in [2.75, 3.05) is 20.0 Å². The molecule has 0 spiro atoms. The Morgan fingerprint density at radius 3 is 2.45 bits per heavy atom. The predicted octanol–water partition coefficient (Wildman–Crippen LogP) is 4.12. The van der Waals surface area contributed by atoms with Crippen molar-refractivity contribution in [2.24, 2.45) is 5.92 Å². The van der Waals surface area contributed by atoms with Crippen molar-refractivity contribution in [1.82, 2.24) is 4.90 Å². The van der Waals surface area contributed by atoms with Gasteiger partial charge in [0.1, 0.15) is 17.5 Å². The van der Waals surface area contributed by atoms with Crippen LogP contribution in [0.4, 0.5) is 0 Å². The molecule has 6 nitrogen and oxygen atoms in total. The van der Waals surface area contributed by atoms with Gasteiger partial charge in [0.2, 0.25) is 0 Å². The monoisotopic (exact) mass is 421 g/mol. The van der Waals surface area contributed by atoms with Crippen LogP contribution in [0.1, 0.15) is 56.3 Å². The number of hydrogen-bond acceptors (Lipinski definition) is 6. The lowest BCUT2D eigenvalue weighted by Gasteiger charge is -2.35. The van der Waals surface area contributed by atoms with Gasteiger partial charge in [-0.2, -0.15) is 0 Å². The van der Waals surface area contributed by atoms with Gasteiger partial charge in [0.15, 0.2) is 0 Å². The van der Waals surface area contributed by atoms with Crippen LogP contribution >= 0.6 is 11.8 Å². The maximum atomic E-state index is 13.7. The van der Waals surface area contributed by atoms with Crippen molar-refractivity contribution < 1.29 is 23.8 Å². The van der Waals surface area contributed by atoms with Gasteiger partial charge in [0.05, 0.1) is 31.3 Å². The van der Waals surface area contributed by atoms with E-state index in [2.05, 4.69) is 0 Å². The molecule has 0 aromatic heterocycles. The van der Waals surface area contributed by atoms with E-state index in [1.54, 1.807) is 42.0 Å². The summed E-state index contributed by atoms with van der Waals surface area (Å²) < 4.78 is 16.2. The summed E-state index contributed by atoms with van der Waals surface area (Å²) in [5, 5.41) is -0.0145. The fraction of sp³-hybridized carbons (Fsp3) is 0.636. The fourth-order valence-electron chi connectivity index (χ4n) is 4.17. The number of amides is 1. The van der Waals surface area contributed by atoms with E-state index in [1.165, 1.54) is 26.4 Å². The highest BCUT2D eigenvalue weighted by atomic mass is 32.2. The summed E-state index contributed by atoms with van der Waals surface area (Å²) in [4.78, 5) is 28.2. The lowest BCUT2D eigenvalue weighted by molar-refractivity contribution is -0.152. The maximum Gasteiger partial charge on any atom is 0.330 e. The molecule has 7 heteroatoms. The molecule has 1 aliphatic heterocycles. The van der Waals surface area contributed by atoms with Crippen molar-refractivity contribution in [2.45, 2.75) is 63.5 Å². The number of esters is 1. The van der Waals surface area contributed by atoms with Crippen LogP contribution in [-0.2, 0) is 9.53 Å². The summed E-state index contributed by atoms with van der Waals surface area (Å²) in [6.07, 6.45) is 5.56. The molecule has 2 fully saturated rings. The molecular formula is C22H31NO5S. The minimum absolute atomic E-state index is 0.0145. The van der Waals surface area contributed by atoms with E-state index in [0.29, 0.717) is 28.7 Å². The van der Waals surface area contributed by atoms with Crippen molar-refractivity contribution in [3.63, 3.8) is 0 Å². The number of ether oxygens (including phenoxy) is 3. The fourth-order valence-corrected chi connectivity index (χ4v) is 5.80. The van der Waals surface area contributed by atoms with Crippen LogP contribution in [-0.4, -0.2) is 54.3 Å². The van der Waals surface area contributed by atoms with E-state index in [9.17, 15) is 9.59 Å². The van der Waals surface area contributed by atoms with Crippen molar-refractivity contribution >= 4 is 23.6 Å². The molecule has 0 radical (unpaired) electrons. The molecule has 0 unspecified atom stereocenters. The van der Waals surface area contributed by atoms with E-state index >= 15 is 0 Å². The molecule has 2 aliphatic rings. The predicted molar refractivity (Wildman–Crippen MR) is 114 cm³/mol. The van der Waals surface area contributed by atoms with Gasteiger partial charge in [-0.1, -0.05) is 19.3 Å². The molecule has 1 aromatic rings. The second-order valence-electron chi connectivity index (χ2n) is 7.90. The quantitative estimate of drug-likeness (QED) is 0.644. The molecule has 1 aliphatic carbocycles. The zero-order chi connectivity index (χ0) is 21.0. The third-order valence-electron chi connectivity index (χ3n) is 5.59. The second-order valence-corrected chi connectivity index (χ2v) is 9.05. The molecule has 0 bridgehead atoms. The second kappa shape index (κ2) is 9.74. The summed E-state index contributed by atoms with van der Waals surface area (Å²) >= 11 is 1.70. The molecule has 1 amide bonds. The number of methoxy groups -OCH3 is 2. The van der Waals surface area contributed by atoms with E-state index in [4.69, 9.17) is 14.2 Å². The largest absolute Gasteiger partial charge is 0.497 e. The van der Waals surface area contributed by atoms with Gasteiger partial charge in [-0.15, -0.1) is 11.8 Å². The number of carbonyl (C=O) groups excluding carboxylic acids is 2. The Hall–Kier alpha value is -1.89. The van der Waals surface area contributed by atoms with Gasteiger partial charge in [-0.05, 0) is 44.7 Å². The first-order chi connectivity index (χ1) is 14.0. The van der Waals surface area contributed by atoms with Gasteiger partial charge in [-0.25, -0.2) is 4.79 Å². The summed E-state index contributed by atoms with van der Waals surface area (Å²) in [5.74, 6) is 1.52. The van der Waals surface area contributed by atoms with Crippen LogP contribution in [0.5, 0.6) is 11.5 Å². The smallest absolute Gasteiger partial charge is 0.330 e. The molecule has 0 N–H and O–H groups in total. The Balaban J connectivity index is 1.93. The maximum absolute atomic E-state index is 13.7. The van der Waals surface area contributed by atoms with Crippen LogP contribution in [0.3, 0.4) is 0 Å². The van der Waals surface area contributed by atoms with Crippen LogP contribution in [0.15, 0.2) is 18.2 Å². The SMILES string of the molecule is COc1ccc(C(=O)N2[C@@H](C(=O)OC(C)C)CS[C@@H]2C2CCCCC2)c(OC)c1. The third kappa shape index (κ3) is 4.82.